The highest BCUT2D eigenvalue weighted by Crippen LogP contribution is 2.36. The zero-order valence-corrected chi connectivity index (χ0v) is 17.8. The van der Waals surface area contributed by atoms with Crippen LogP contribution in [0.15, 0.2) is 53.4 Å². The van der Waals surface area contributed by atoms with E-state index in [1.54, 1.807) is 11.3 Å². The monoisotopic (exact) mass is 455 g/mol. The number of hydrogen-bond acceptors (Lipinski definition) is 5. The van der Waals surface area contributed by atoms with E-state index in [9.17, 15) is 21.6 Å². The summed E-state index contributed by atoms with van der Waals surface area (Å²) in [5.74, 6) is 0. The van der Waals surface area contributed by atoms with Gasteiger partial charge in [0, 0.05) is 26.2 Å². The van der Waals surface area contributed by atoms with Crippen LogP contribution in [0.1, 0.15) is 23.5 Å². The van der Waals surface area contributed by atoms with E-state index in [2.05, 4.69) is 9.88 Å². The van der Waals surface area contributed by atoms with Crippen molar-refractivity contribution in [2.24, 2.45) is 0 Å². The largest absolute Gasteiger partial charge is 0.417 e. The highest BCUT2D eigenvalue weighted by Gasteiger charge is 2.39. The molecule has 2 heterocycles. The summed E-state index contributed by atoms with van der Waals surface area (Å²) in [5, 5.41) is 0.940. The lowest BCUT2D eigenvalue weighted by Crippen LogP contribution is -2.49. The second kappa shape index (κ2) is 7.92. The minimum absolute atomic E-state index is 0.00489. The second-order valence-electron chi connectivity index (χ2n) is 7.13. The van der Waals surface area contributed by atoms with Crippen molar-refractivity contribution in [1.29, 1.82) is 0 Å². The van der Waals surface area contributed by atoms with Gasteiger partial charge in [0.05, 0.1) is 26.7 Å². The maximum absolute atomic E-state index is 13.3. The quantitative estimate of drug-likeness (QED) is 0.586. The van der Waals surface area contributed by atoms with Crippen LogP contribution in [0.3, 0.4) is 0 Å². The van der Waals surface area contributed by atoms with Gasteiger partial charge in [0.2, 0.25) is 10.0 Å². The van der Waals surface area contributed by atoms with Crippen LogP contribution in [-0.4, -0.2) is 48.8 Å². The fourth-order valence-corrected chi connectivity index (χ4v) is 6.31. The first-order valence-electron chi connectivity index (χ1n) is 9.44. The molecule has 160 valence electrons. The Morgan fingerprint density at radius 1 is 1.00 bits per heavy atom. The molecule has 0 saturated carbocycles. The van der Waals surface area contributed by atoms with E-state index in [1.807, 2.05) is 31.2 Å². The summed E-state index contributed by atoms with van der Waals surface area (Å²) in [6.45, 7) is 3.11. The highest BCUT2D eigenvalue weighted by atomic mass is 32.2. The van der Waals surface area contributed by atoms with Crippen LogP contribution in [0.5, 0.6) is 0 Å². The molecule has 0 radical (unpaired) electrons. The number of sulfonamides is 1. The number of piperazine rings is 1. The summed E-state index contributed by atoms with van der Waals surface area (Å²) >= 11 is 1.60. The van der Waals surface area contributed by atoms with Crippen molar-refractivity contribution < 1.29 is 21.6 Å². The molecular weight excluding hydrogens is 435 g/mol. The van der Waals surface area contributed by atoms with Crippen molar-refractivity contribution in [3.63, 3.8) is 0 Å². The van der Waals surface area contributed by atoms with Gasteiger partial charge in [0.15, 0.2) is 0 Å². The fraction of sp³-hybridized carbons (Fsp3) is 0.350. The number of fused-ring (bicyclic) bond motifs is 1. The van der Waals surface area contributed by atoms with E-state index >= 15 is 0 Å². The first kappa shape index (κ1) is 21.2. The first-order chi connectivity index (χ1) is 14.2. The van der Waals surface area contributed by atoms with Crippen molar-refractivity contribution >= 4 is 31.6 Å². The number of para-hydroxylation sites is 1. The Kier molecular flexibility index (Phi) is 5.60. The normalized spacial score (nSPS) is 18.0. The van der Waals surface area contributed by atoms with Crippen molar-refractivity contribution in [3.05, 3.63) is 59.1 Å². The number of benzene rings is 2. The fourth-order valence-electron chi connectivity index (χ4n) is 3.62. The molecule has 3 aromatic rings. The average Bonchev–Trinajstić information content (AvgIpc) is 3.17. The Hall–Kier alpha value is -2.01. The van der Waals surface area contributed by atoms with E-state index in [-0.39, 0.29) is 19.1 Å². The number of hydrogen-bond donors (Lipinski definition) is 0. The number of nitrogens with zero attached hydrogens (tertiary/aromatic N) is 3. The Labute approximate surface area is 176 Å². The summed E-state index contributed by atoms with van der Waals surface area (Å²) in [4.78, 5) is 6.08. The van der Waals surface area contributed by atoms with E-state index in [0.29, 0.717) is 13.1 Å². The molecule has 1 aromatic heterocycles. The van der Waals surface area contributed by atoms with Gasteiger partial charge < -0.3 is 0 Å². The van der Waals surface area contributed by atoms with E-state index in [1.165, 1.54) is 12.1 Å². The SMILES string of the molecule is CC(c1nc2ccccc2s1)N1CCN(S(=O)(=O)c2ccccc2C(F)(F)F)CC1. The predicted octanol–water partition coefficient (Wildman–Crippen LogP) is 4.38. The minimum Gasteiger partial charge on any atom is -0.292 e. The summed E-state index contributed by atoms with van der Waals surface area (Å²) in [5.41, 5.74) is -0.204. The molecule has 1 atom stereocenters. The molecular formula is C20H20F3N3O2S2. The van der Waals surface area contributed by atoms with Crippen LogP contribution in [0.25, 0.3) is 10.2 Å². The van der Waals surface area contributed by atoms with Crippen LogP contribution >= 0.6 is 11.3 Å². The molecule has 5 nitrogen and oxygen atoms in total. The standard InChI is InChI=1S/C20H20F3N3O2S2/c1-14(19-24-16-7-3-4-8-17(16)29-19)25-10-12-26(13-11-25)30(27,28)18-9-5-2-6-15(18)20(21,22)23/h2-9,14H,10-13H2,1H3. The summed E-state index contributed by atoms with van der Waals surface area (Å²) < 4.78 is 67.9. The van der Waals surface area contributed by atoms with Gasteiger partial charge in [-0.2, -0.15) is 17.5 Å². The molecule has 1 saturated heterocycles. The molecule has 2 aromatic carbocycles. The molecule has 0 spiro atoms. The van der Waals surface area contributed by atoms with Gasteiger partial charge in [0.25, 0.3) is 0 Å². The van der Waals surface area contributed by atoms with Gasteiger partial charge in [-0.05, 0) is 31.2 Å². The molecule has 1 aliphatic rings. The van der Waals surface area contributed by atoms with Gasteiger partial charge >= 0.3 is 6.18 Å². The van der Waals surface area contributed by atoms with Gasteiger partial charge in [-0.15, -0.1) is 11.3 Å². The molecule has 0 N–H and O–H groups in total. The molecule has 1 fully saturated rings. The van der Waals surface area contributed by atoms with E-state index in [0.717, 1.165) is 31.7 Å². The van der Waals surface area contributed by atoms with Crippen LogP contribution in [0, 0.1) is 0 Å². The second-order valence-corrected chi connectivity index (χ2v) is 10.1. The average molecular weight is 456 g/mol. The lowest BCUT2D eigenvalue weighted by molar-refractivity contribution is -0.139. The van der Waals surface area contributed by atoms with E-state index < -0.39 is 26.7 Å². The van der Waals surface area contributed by atoms with Crippen LogP contribution < -0.4 is 0 Å². The van der Waals surface area contributed by atoms with Gasteiger partial charge in [-0.3, -0.25) is 4.90 Å². The topological polar surface area (TPSA) is 53.5 Å². The summed E-state index contributed by atoms with van der Waals surface area (Å²) in [6, 6.07) is 12.2. The van der Waals surface area contributed by atoms with Crippen LogP contribution in [0.4, 0.5) is 13.2 Å². The summed E-state index contributed by atoms with van der Waals surface area (Å²) in [7, 11) is -4.24. The van der Waals surface area contributed by atoms with Gasteiger partial charge in [0.1, 0.15) is 5.01 Å². The number of halogens is 3. The smallest absolute Gasteiger partial charge is 0.292 e. The number of rotatable bonds is 4. The Bertz CT molecular complexity index is 1120. The molecule has 1 aliphatic heterocycles. The number of thiazole rings is 1. The van der Waals surface area contributed by atoms with E-state index in [4.69, 9.17) is 0 Å². The highest BCUT2D eigenvalue weighted by molar-refractivity contribution is 7.89. The zero-order chi connectivity index (χ0) is 21.5. The summed E-state index contributed by atoms with van der Waals surface area (Å²) in [6.07, 6.45) is -4.73. The minimum atomic E-state index is -4.73. The van der Waals surface area contributed by atoms with Crippen molar-refractivity contribution in [2.75, 3.05) is 26.2 Å². The third-order valence-electron chi connectivity index (χ3n) is 5.30. The Morgan fingerprint density at radius 3 is 2.30 bits per heavy atom. The molecule has 1 unspecified atom stereocenters. The number of alkyl halides is 3. The predicted molar refractivity (Wildman–Crippen MR) is 110 cm³/mol. The molecule has 10 heteroatoms. The van der Waals surface area contributed by atoms with Crippen molar-refractivity contribution in [2.45, 2.75) is 24.0 Å². The van der Waals surface area contributed by atoms with Crippen molar-refractivity contribution in [1.82, 2.24) is 14.2 Å². The molecule has 0 bridgehead atoms. The maximum atomic E-state index is 13.3. The first-order valence-corrected chi connectivity index (χ1v) is 11.7. The number of aromatic nitrogens is 1. The zero-order valence-electron chi connectivity index (χ0n) is 16.1. The molecule has 0 aliphatic carbocycles. The maximum Gasteiger partial charge on any atom is 0.417 e. The van der Waals surface area contributed by atoms with Crippen LogP contribution in [0.2, 0.25) is 0 Å². The third-order valence-corrected chi connectivity index (χ3v) is 8.46. The van der Waals surface area contributed by atoms with Gasteiger partial charge in [-0.1, -0.05) is 24.3 Å². The lowest BCUT2D eigenvalue weighted by atomic mass is 10.2. The Morgan fingerprint density at radius 2 is 1.63 bits per heavy atom. The van der Waals surface area contributed by atoms with Crippen molar-refractivity contribution in [3.8, 4) is 0 Å². The third kappa shape index (κ3) is 3.96. The van der Waals surface area contributed by atoms with Crippen LogP contribution in [-0.2, 0) is 16.2 Å². The Balaban J connectivity index is 1.50. The molecule has 4 rings (SSSR count). The lowest BCUT2D eigenvalue weighted by Gasteiger charge is -2.37. The molecule has 30 heavy (non-hydrogen) atoms. The van der Waals surface area contributed by atoms with Gasteiger partial charge in [-0.25, -0.2) is 13.4 Å². The molecule has 0 amide bonds.